The summed E-state index contributed by atoms with van der Waals surface area (Å²) in [7, 11) is 1.54. The highest BCUT2D eigenvalue weighted by molar-refractivity contribution is 9.13. The Morgan fingerprint density at radius 2 is 1.68 bits per heavy atom. The van der Waals surface area contributed by atoms with Crippen molar-refractivity contribution >= 4 is 55.6 Å². The van der Waals surface area contributed by atoms with Crippen LogP contribution in [0.1, 0.15) is 38.8 Å². The zero-order valence-electron chi connectivity index (χ0n) is 24.1. The van der Waals surface area contributed by atoms with Gasteiger partial charge in [-0.15, -0.1) is 0 Å². The number of aryl methyl sites for hydroxylation is 2. The summed E-state index contributed by atoms with van der Waals surface area (Å²) in [5.41, 5.74) is 7.35. The molecule has 0 aliphatic heterocycles. The van der Waals surface area contributed by atoms with Crippen molar-refractivity contribution in [3.63, 3.8) is 0 Å². The Morgan fingerprint density at radius 1 is 0.955 bits per heavy atom. The highest BCUT2D eigenvalue weighted by Crippen LogP contribution is 2.42. The van der Waals surface area contributed by atoms with Crippen molar-refractivity contribution in [3.05, 3.63) is 127 Å². The number of nitrogens with zero attached hydrogens (tertiary/aromatic N) is 2. The van der Waals surface area contributed by atoms with E-state index in [-0.39, 0.29) is 19.0 Å². The van der Waals surface area contributed by atoms with E-state index in [1.807, 2.05) is 42.5 Å². The van der Waals surface area contributed by atoms with Crippen LogP contribution in [0.2, 0.25) is 5.02 Å². The molecule has 11 heteroatoms. The van der Waals surface area contributed by atoms with Gasteiger partial charge in [0.05, 0.1) is 17.8 Å². The predicted octanol–water partition coefficient (Wildman–Crippen LogP) is 8.80. The summed E-state index contributed by atoms with van der Waals surface area (Å²) in [5.74, 6) is 1.76. The van der Waals surface area contributed by atoms with Gasteiger partial charge in [-0.05, 0) is 106 Å². The molecule has 0 fully saturated rings. The molecule has 2 aromatic heterocycles. The number of hydrogen-bond acceptors (Lipinski definition) is 6. The Bertz CT molecular complexity index is 1800. The number of methoxy groups -OCH3 is 1. The van der Waals surface area contributed by atoms with E-state index in [1.54, 1.807) is 31.4 Å². The van der Waals surface area contributed by atoms with Gasteiger partial charge in [0, 0.05) is 37.7 Å². The first-order chi connectivity index (χ1) is 21.2. The van der Waals surface area contributed by atoms with Crippen molar-refractivity contribution in [2.45, 2.75) is 27.1 Å². The second-order valence-corrected chi connectivity index (χ2v) is 11.7. The van der Waals surface area contributed by atoms with Crippen LogP contribution in [0.25, 0.3) is 5.69 Å². The molecule has 0 spiro atoms. The maximum absolute atomic E-state index is 12.7. The zero-order chi connectivity index (χ0) is 31.2. The van der Waals surface area contributed by atoms with Gasteiger partial charge in [0.25, 0.3) is 0 Å². The van der Waals surface area contributed by atoms with Gasteiger partial charge >= 0.3 is 5.91 Å². The summed E-state index contributed by atoms with van der Waals surface area (Å²) in [4.78, 5) is 12.7. The third-order valence-electron chi connectivity index (χ3n) is 6.71. The first-order valence-electron chi connectivity index (χ1n) is 13.5. The lowest BCUT2D eigenvalue weighted by atomic mass is 10.2. The fourth-order valence-corrected chi connectivity index (χ4v) is 5.59. The number of aromatic nitrogens is 1. The number of nitrogens with one attached hydrogen (secondary N) is 1. The summed E-state index contributed by atoms with van der Waals surface area (Å²) in [6.07, 6.45) is 1.49. The topological polar surface area (TPSA) is 87.2 Å². The van der Waals surface area contributed by atoms with Gasteiger partial charge < -0.3 is 23.2 Å². The highest BCUT2D eigenvalue weighted by atomic mass is 79.9. The largest absolute Gasteiger partial charge is 0.493 e. The first-order valence-corrected chi connectivity index (χ1v) is 15.4. The van der Waals surface area contributed by atoms with Crippen LogP contribution in [0.5, 0.6) is 17.2 Å². The Kier molecular flexibility index (Phi) is 10.1. The summed E-state index contributed by atoms with van der Waals surface area (Å²) in [6.45, 7) is 4.56. The molecule has 0 radical (unpaired) electrons. The fourth-order valence-electron chi connectivity index (χ4n) is 4.46. The molecular weight excluding hydrogens is 714 g/mol. The molecule has 5 rings (SSSR count). The third kappa shape index (κ3) is 7.20. The molecule has 2 heterocycles. The first kappa shape index (κ1) is 31.4. The molecule has 44 heavy (non-hydrogen) atoms. The Balaban J connectivity index is 1.17. The van der Waals surface area contributed by atoms with Crippen LogP contribution in [-0.2, 0) is 13.2 Å². The average molecular weight is 742 g/mol. The molecule has 1 amide bonds. The van der Waals surface area contributed by atoms with Crippen molar-refractivity contribution in [3.8, 4) is 22.9 Å². The number of benzene rings is 3. The standard InChI is InChI=1S/C33H28Br2ClN3O5/c1-20-8-9-21(2)39(20)24-10-12-25(13-11-24)42-19-26-14-15-28(44-26)33(40)38-37-17-23-16-29(41-3)32(31(35)30(23)34)43-18-22-6-4-5-7-27(22)36/h4-17H,18-19H2,1-3H3,(H,38,40)/b37-17+. The van der Waals surface area contributed by atoms with Gasteiger partial charge in [-0.2, -0.15) is 5.10 Å². The Hall–Kier alpha value is -3.99. The van der Waals surface area contributed by atoms with Gasteiger partial charge in [-0.25, -0.2) is 5.43 Å². The van der Waals surface area contributed by atoms with Gasteiger partial charge in [0.2, 0.25) is 0 Å². The van der Waals surface area contributed by atoms with E-state index in [9.17, 15) is 4.79 Å². The molecule has 0 unspecified atom stereocenters. The summed E-state index contributed by atoms with van der Waals surface area (Å²) >= 11 is 13.4. The van der Waals surface area contributed by atoms with Gasteiger partial charge in [-0.1, -0.05) is 29.8 Å². The van der Waals surface area contributed by atoms with Crippen LogP contribution in [-0.4, -0.2) is 23.8 Å². The number of ether oxygens (including phenoxy) is 3. The van der Waals surface area contributed by atoms with Gasteiger partial charge in [0.1, 0.15) is 24.7 Å². The van der Waals surface area contributed by atoms with Gasteiger partial charge in [-0.3, -0.25) is 4.79 Å². The Labute approximate surface area is 276 Å². The van der Waals surface area contributed by atoms with Crippen LogP contribution >= 0.6 is 43.5 Å². The van der Waals surface area contributed by atoms with Crippen molar-refractivity contribution < 1.29 is 23.4 Å². The van der Waals surface area contributed by atoms with E-state index < -0.39 is 5.91 Å². The zero-order valence-corrected chi connectivity index (χ0v) is 28.0. The van der Waals surface area contributed by atoms with Gasteiger partial charge in [0.15, 0.2) is 17.3 Å². The van der Waals surface area contributed by atoms with Crippen molar-refractivity contribution in [1.82, 2.24) is 9.99 Å². The normalized spacial score (nSPS) is 11.1. The van der Waals surface area contributed by atoms with E-state index in [2.05, 4.69) is 72.9 Å². The van der Waals surface area contributed by atoms with Crippen molar-refractivity contribution in [1.29, 1.82) is 0 Å². The molecule has 5 aromatic rings. The summed E-state index contributed by atoms with van der Waals surface area (Å²) in [6, 6.07) is 24.4. The molecule has 0 atom stereocenters. The lowest BCUT2D eigenvalue weighted by Gasteiger charge is -2.15. The number of rotatable bonds is 11. The maximum atomic E-state index is 12.7. The van der Waals surface area contributed by atoms with E-state index in [0.29, 0.717) is 42.5 Å². The summed E-state index contributed by atoms with van der Waals surface area (Å²) in [5, 5.41) is 4.70. The molecule has 0 bridgehead atoms. The van der Waals surface area contributed by atoms with E-state index in [0.717, 1.165) is 22.6 Å². The highest BCUT2D eigenvalue weighted by Gasteiger charge is 2.18. The predicted molar refractivity (Wildman–Crippen MR) is 178 cm³/mol. The minimum atomic E-state index is -0.504. The van der Waals surface area contributed by atoms with Crippen LogP contribution < -0.4 is 19.6 Å². The lowest BCUT2D eigenvalue weighted by molar-refractivity contribution is 0.0923. The van der Waals surface area contributed by atoms with E-state index >= 15 is 0 Å². The lowest BCUT2D eigenvalue weighted by Crippen LogP contribution is -2.16. The molecule has 0 aliphatic rings. The monoisotopic (exact) mass is 739 g/mol. The molecule has 3 aromatic carbocycles. The molecular formula is C33H28Br2ClN3O5. The minimum absolute atomic E-state index is 0.107. The number of hydrogen-bond donors (Lipinski definition) is 1. The maximum Gasteiger partial charge on any atom is 0.307 e. The molecule has 8 nitrogen and oxygen atoms in total. The van der Waals surface area contributed by atoms with Crippen LogP contribution in [0.3, 0.4) is 0 Å². The number of hydrazone groups is 1. The minimum Gasteiger partial charge on any atom is -0.493 e. The number of carbonyl (C=O) groups excluding carboxylic acids is 1. The number of carbonyl (C=O) groups is 1. The fraction of sp³-hybridized carbons (Fsp3) is 0.152. The molecule has 0 saturated heterocycles. The second-order valence-electron chi connectivity index (χ2n) is 9.70. The number of amides is 1. The van der Waals surface area contributed by atoms with Crippen LogP contribution in [0, 0.1) is 13.8 Å². The molecule has 226 valence electrons. The number of halogens is 3. The van der Waals surface area contributed by atoms with Crippen molar-refractivity contribution in [2.75, 3.05) is 7.11 Å². The second kappa shape index (κ2) is 14.2. The van der Waals surface area contributed by atoms with Crippen molar-refractivity contribution in [2.24, 2.45) is 5.10 Å². The molecule has 1 N–H and O–H groups in total. The average Bonchev–Trinajstić information content (AvgIpc) is 3.64. The van der Waals surface area contributed by atoms with E-state index in [1.165, 1.54) is 6.21 Å². The Morgan fingerprint density at radius 3 is 2.39 bits per heavy atom. The summed E-state index contributed by atoms with van der Waals surface area (Å²) < 4.78 is 26.5. The quantitative estimate of drug-likeness (QED) is 0.108. The molecule has 0 aliphatic carbocycles. The van der Waals surface area contributed by atoms with Crippen LogP contribution in [0.4, 0.5) is 0 Å². The number of furan rings is 1. The van der Waals surface area contributed by atoms with E-state index in [4.69, 9.17) is 30.2 Å². The SMILES string of the molecule is COc1cc(/C=N/NC(=O)c2ccc(COc3ccc(-n4c(C)ccc4C)cc3)o2)c(Br)c(Br)c1OCc1ccccc1Cl. The molecule has 0 saturated carbocycles. The third-order valence-corrected chi connectivity index (χ3v) is 9.22. The van der Waals surface area contributed by atoms with Crippen LogP contribution in [0.15, 0.2) is 97.3 Å². The smallest absolute Gasteiger partial charge is 0.307 e.